The molecule has 2 amide bonds. The Hall–Kier alpha value is -3.35. The molecule has 0 spiro atoms. The van der Waals surface area contributed by atoms with Gasteiger partial charge < -0.3 is 20.5 Å². The van der Waals surface area contributed by atoms with Crippen molar-refractivity contribution in [3.05, 3.63) is 59.7 Å². The summed E-state index contributed by atoms with van der Waals surface area (Å²) < 4.78 is 5.48. The molecule has 2 aliphatic carbocycles. The van der Waals surface area contributed by atoms with E-state index in [-0.39, 0.29) is 24.3 Å². The number of aliphatic carboxylic acids is 1. The Kier molecular flexibility index (Phi) is 6.44. The van der Waals surface area contributed by atoms with Gasteiger partial charge in [-0.2, -0.15) is 0 Å². The summed E-state index contributed by atoms with van der Waals surface area (Å²) in [6.45, 7) is 2.06. The van der Waals surface area contributed by atoms with E-state index in [1.165, 1.54) is 0 Å². The third-order valence-corrected chi connectivity index (χ3v) is 6.59. The van der Waals surface area contributed by atoms with Gasteiger partial charge in [-0.05, 0) is 47.9 Å². The molecule has 3 N–H and O–H groups in total. The van der Waals surface area contributed by atoms with Crippen LogP contribution in [0.2, 0.25) is 0 Å². The van der Waals surface area contributed by atoms with Crippen LogP contribution in [0.3, 0.4) is 0 Å². The largest absolute Gasteiger partial charge is 0.481 e. The van der Waals surface area contributed by atoms with Gasteiger partial charge in [-0.15, -0.1) is 0 Å². The van der Waals surface area contributed by atoms with Crippen molar-refractivity contribution in [2.75, 3.05) is 13.2 Å². The Morgan fingerprint density at radius 3 is 2.28 bits per heavy atom. The number of nitrogens with one attached hydrogen (secondary N) is 2. The molecule has 32 heavy (non-hydrogen) atoms. The number of ether oxygens (including phenoxy) is 1. The summed E-state index contributed by atoms with van der Waals surface area (Å²) in [4.78, 5) is 36.0. The van der Waals surface area contributed by atoms with Crippen LogP contribution >= 0.6 is 0 Å². The number of carbonyl (C=O) groups excluding carboxylic acids is 2. The van der Waals surface area contributed by atoms with Crippen molar-refractivity contribution in [1.29, 1.82) is 0 Å². The van der Waals surface area contributed by atoms with Crippen LogP contribution in [0.5, 0.6) is 0 Å². The van der Waals surface area contributed by atoms with Crippen molar-refractivity contribution in [1.82, 2.24) is 10.6 Å². The molecule has 2 aliphatic rings. The lowest BCUT2D eigenvalue weighted by Gasteiger charge is -2.19. The fourth-order valence-electron chi connectivity index (χ4n) is 4.87. The normalized spacial score (nSPS) is 20.2. The molecule has 0 saturated heterocycles. The van der Waals surface area contributed by atoms with Gasteiger partial charge in [-0.25, -0.2) is 4.79 Å². The Morgan fingerprint density at radius 2 is 1.66 bits per heavy atom. The second-order valence-corrected chi connectivity index (χ2v) is 8.57. The summed E-state index contributed by atoms with van der Waals surface area (Å²) in [5.74, 6) is -1.70. The topological polar surface area (TPSA) is 105 Å². The van der Waals surface area contributed by atoms with Crippen LogP contribution in [0.4, 0.5) is 4.79 Å². The van der Waals surface area contributed by atoms with Crippen molar-refractivity contribution < 1.29 is 24.2 Å². The summed E-state index contributed by atoms with van der Waals surface area (Å²) >= 11 is 0. The summed E-state index contributed by atoms with van der Waals surface area (Å²) in [6, 6.07) is 15.4. The summed E-state index contributed by atoms with van der Waals surface area (Å²) in [5, 5.41) is 14.6. The number of benzene rings is 2. The Balaban J connectivity index is 1.29. The monoisotopic (exact) mass is 436 g/mol. The van der Waals surface area contributed by atoms with Crippen molar-refractivity contribution in [2.45, 2.75) is 38.1 Å². The minimum Gasteiger partial charge on any atom is -0.481 e. The number of fused-ring (bicyclic) bond motifs is 3. The van der Waals surface area contributed by atoms with E-state index in [0.717, 1.165) is 35.1 Å². The first-order valence-corrected chi connectivity index (χ1v) is 11.1. The first kappa shape index (κ1) is 21.9. The van der Waals surface area contributed by atoms with Gasteiger partial charge in [-0.3, -0.25) is 9.59 Å². The lowest BCUT2D eigenvalue weighted by molar-refractivity contribution is -0.143. The third-order valence-electron chi connectivity index (χ3n) is 6.59. The number of amides is 2. The van der Waals surface area contributed by atoms with E-state index < -0.39 is 24.0 Å². The maximum atomic E-state index is 12.4. The Bertz CT molecular complexity index is 975. The molecule has 0 aromatic heterocycles. The average Bonchev–Trinajstić information content (AvgIpc) is 3.39. The van der Waals surface area contributed by atoms with Gasteiger partial charge >= 0.3 is 12.1 Å². The zero-order chi connectivity index (χ0) is 22.7. The second-order valence-electron chi connectivity index (χ2n) is 8.57. The number of hydrogen-bond acceptors (Lipinski definition) is 4. The van der Waals surface area contributed by atoms with E-state index in [1.54, 1.807) is 6.92 Å². The minimum atomic E-state index is -0.813. The Labute approximate surface area is 187 Å². The summed E-state index contributed by atoms with van der Waals surface area (Å²) in [6.07, 6.45) is 1.62. The van der Waals surface area contributed by atoms with Crippen LogP contribution in [-0.4, -0.2) is 42.3 Å². The van der Waals surface area contributed by atoms with E-state index in [0.29, 0.717) is 13.0 Å². The van der Waals surface area contributed by atoms with Crippen molar-refractivity contribution >= 4 is 18.0 Å². The number of carboxylic acid groups (broad SMARTS) is 1. The van der Waals surface area contributed by atoms with Crippen molar-refractivity contribution in [3.8, 4) is 11.1 Å². The predicted molar refractivity (Wildman–Crippen MR) is 119 cm³/mol. The van der Waals surface area contributed by atoms with E-state index in [2.05, 4.69) is 22.8 Å². The third kappa shape index (κ3) is 4.47. The number of carboxylic acids is 1. The highest BCUT2D eigenvalue weighted by Gasteiger charge is 2.33. The predicted octanol–water partition coefficient (Wildman–Crippen LogP) is 3.53. The zero-order valence-corrected chi connectivity index (χ0v) is 18.0. The van der Waals surface area contributed by atoms with Crippen molar-refractivity contribution in [2.24, 2.45) is 11.8 Å². The smallest absolute Gasteiger partial charge is 0.407 e. The van der Waals surface area contributed by atoms with Gasteiger partial charge in [0.25, 0.3) is 0 Å². The molecule has 2 aromatic rings. The molecule has 1 fully saturated rings. The summed E-state index contributed by atoms with van der Waals surface area (Å²) in [5.41, 5.74) is 4.54. The molecule has 0 unspecified atom stereocenters. The molecule has 7 nitrogen and oxygen atoms in total. The quantitative estimate of drug-likeness (QED) is 0.616. The molecule has 3 atom stereocenters. The summed E-state index contributed by atoms with van der Waals surface area (Å²) in [7, 11) is 0. The molecular weight excluding hydrogens is 408 g/mol. The molecule has 0 aliphatic heterocycles. The minimum absolute atomic E-state index is 0.0485. The first-order valence-electron chi connectivity index (χ1n) is 11.1. The van der Waals surface area contributed by atoms with Crippen LogP contribution in [-0.2, 0) is 14.3 Å². The van der Waals surface area contributed by atoms with E-state index in [1.807, 2.05) is 36.4 Å². The number of carbonyl (C=O) groups is 3. The average molecular weight is 437 g/mol. The Morgan fingerprint density at radius 1 is 1.03 bits per heavy atom. The number of rotatable bonds is 7. The highest BCUT2D eigenvalue weighted by Crippen LogP contribution is 2.44. The van der Waals surface area contributed by atoms with Crippen LogP contribution in [0, 0.1) is 11.8 Å². The van der Waals surface area contributed by atoms with E-state index >= 15 is 0 Å². The SMILES string of the molecule is C[C@H](NC(=O)OCC1c2ccccc2-c2ccccc21)C(=O)NC[C@H]1CCC[C@H]1C(=O)O. The highest BCUT2D eigenvalue weighted by atomic mass is 16.5. The van der Waals surface area contributed by atoms with Crippen molar-refractivity contribution in [3.63, 3.8) is 0 Å². The number of alkyl carbamates (subject to hydrolysis) is 1. The van der Waals surface area contributed by atoms with E-state index in [9.17, 15) is 19.5 Å². The molecule has 2 aromatic carbocycles. The van der Waals surface area contributed by atoms with Gasteiger partial charge in [0, 0.05) is 12.5 Å². The molecular formula is C25H28N2O5. The van der Waals surface area contributed by atoms with Gasteiger partial charge in [0.05, 0.1) is 5.92 Å². The van der Waals surface area contributed by atoms with Crippen LogP contribution in [0.25, 0.3) is 11.1 Å². The van der Waals surface area contributed by atoms with Gasteiger partial charge in [-0.1, -0.05) is 55.0 Å². The fourth-order valence-corrected chi connectivity index (χ4v) is 4.87. The zero-order valence-electron chi connectivity index (χ0n) is 18.0. The van der Waals surface area contributed by atoms with Gasteiger partial charge in [0.1, 0.15) is 12.6 Å². The van der Waals surface area contributed by atoms with E-state index in [4.69, 9.17) is 4.74 Å². The molecule has 0 heterocycles. The molecule has 1 saturated carbocycles. The van der Waals surface area contributed by atoms with Crippen LogP contribution < -0.4 is 10.6 Å². The van der Waals surface area contributed by atoms with Gasteiger partial charge in [0.2, 0.25) is 5.91 Å². The molecule has 0 radical (unpaired) electrons. The molecule has 0 bridgehead atoms. The van der Waals surface area contributed by atoms with Crippen LogP contribution in [0.1, 0.15) is 43.2 Å². The van der Waals surface area contributed by atoms with Crippen LogP contribution in [0.15, 0.2) is 48.5 Å². The maximum absolute atomic E-state index is 12.4. The second kappa shape index (κ2) is 9.42. The number of hydrogen-bond donors (Lipinski definition) is 3. The first-order chi connectivity index (χ1) is 15.5. The molecule has 7 heteroatoms. The van der Waals surface area contributed by atoms with Gasteiger partial charge in [0.15, 0.2) is 0 Å². The molecule has 168 valence electrons. The highest BCUT2D eigenvalue weighted by molar-refractivity contribution is 5.85. The standard InChI is InChI=1S/C25H28N2O5/c1-15(23(28)26-13-16-7-6-12-17(16)24(29)30)27-25(31)32-14-22-20-10-4-2-8-18(20)19-9-3-5-11-21(19)22/h2-5,8-11,15-17,22H,6-7,12-14H2,1H3,(H,26,28)(H,27,31)(H,29,30)/t15-,16+,17+/m0/s1. The maximum Gasteiger partial charge on any atom is 0.407 e. The lowest BCUT2D eigenvalue weighted by atomic mass is 9.96. The fraction of sp³-hybridized carbons (Fsp3) is 0.400. The lowest BCUT2D eigenvalue weighted by Crippen LogP contribution is -2.46. The molecule has 4 rings (SSSR count).